The summed E-state index contributed by atoms with van der Waals surface area (Å²) in [7, 11) is 0. The van der Waals surface area contributed by atoms with E-state index in [0.717, 1.165) is 11.3 Å². The first-order chi connectivity index (χ1) is 9.58. The van der Waals surface area contributed by atoms with Crippen molar-refractivity contribution >= 4 is 22.8 Å². The van der Waals surface area contributed by atoms with Crippen LogP contribution in [-0.2, 0) is 0 Å². The molecule has 0 aliphatic heterocycles. The zero-order chi connectivity index (χ0) is 14.5. The summed E-state index contributed by atoms with van der Waals surface area (Å²) in [5.74, 6) is 1.24. The second-order valence-corrected chi connectivity index (χ2v) is 6.04. The standard InChI is InChI=1S/C16H19NO2S/c1-11(2)7-8-19-14-6-5-12(10-13(14)17)16(18)15-4-3-9-20-15/h3-6,9-11H,7-8,17H2,1-2H3. The number of carbonyl (C=O) groups is 1. The van der Waals surface area contributed by atoms with E-state index in [2.05, 4.69) is 13.8 Å². The molecule has 20 heavy (non-hydrogen) atoms. The van der Waals surface area contributed by atoms with Gasteiger partial charge in [0.25, 0.3) is 0 Å². The van der Waals surface area contributed by atoms with E-state index in [9.17, 15) is 4.79 Å². The Bertz CT molecular complexity index is 576. The Balaban J connectivity index is 2.07. The van der Waals surface area contributed by atoms with Gasteiger partial charge >= 0.3 is 0 Å². The van der Waals surface area contributed by atoms with Crippen molar-refractivity contribution in [1.82, 2.24) is 0 Å². The Morgan fingerprint density at radius 2 is 2.15 bits per heavy atom. The number of nitrogen functional groups attached to an aromatic ring is 1. The molecule has 3 nitrogen and oxygen atoms in total. The number of ketones is 1. The van der Waals surface area contributed by atoms with E-state index in [-0.39, 0.29) is 5.78 Å². The first kappa shape index (κ1) is 14.6. The maximum absolute atomic E-state index is 12.2. The molecule has 2 aromatic rings. The number of carbonyl (C=O) groups excluding carboxylic acids is 1. The van der Waals surface area contributed by atoms with Gasteiger partial charge in [-0.2, -0.15) is 0 Å². The van der Waals surface area contributed by atoms with Gasteiger partial charge in [-0.3, -0.25) is 4.79 Å². The van der Waals surface area contributed by atoms with Gasteiger partial charge in [-0.15, -0.1) is 11.3 Å². The zero-order valence-electron chi connectivity index (χ0n) is 11.8. The van der Waals surface area contributed by atoms with E-state index < -0.39 is 0 Å². The second kappa shape index (κ2) is 6.57. The molecule has 0 amide bonds. The summed E-state index contributed by atoms with van der Waals surface area (Å²) in [5.41, 5.74) is 7.06. The molecule has 0 atom stereocenters. The number of benzene rings is 1. The Morgan fingerprint density at radius 1 is 1.35 bits per heavy atom. The van der Waals surface area contributed by atoms with Gasteiger partial charge in [0.05, 0.1) is 17.2 Å². The molecule has 0 unspecified atom stereocenters. The SMILES string of the molecule is CC(C)CCOc1ccc(C(=O)c2cccs2)cc1N. The topological polar surface area (TPSA) is 52.3 Å². The maximum atomic E-state index is 12.2. The van der Waals surface area contributed by atoms with Crippen LogP contribution in [0.4, 0.5) is 5.69 Å². The number of nitrogens with two attached hydrogens (primary N) is 1. The smallest absolute Gasteiger partial charge is 0.203 e. The van der Waals surface area contributed by atoms with Gasteiger partial charge in [0.2, 0.25) is 5.78 Å². The minimum atomic E-state index is 0.000399. The molecule has 0 fully saturated rings. The third-order valence-corrected chi connectivity index (χ3v) is 3.84. The summed E-state index contributed by atoms with van der Waals surface area (Å²) >= 11 is 1.43. The predicted octanol–water partition coefficient (Wildman–Crippen LogP) is 3.99. The van der Waals surface area contributed by atoms with Crippen LogP contribution in [0.3, 0.4) is 0 Å². The summed E-state index contributed by atoms with van der Waals surface area (Å²) in [5, 5.41) is 1.89. The molecule has 0 saturated heterocycles. The lowest BCUT2D eigenvalue weighted by atomic mass is 10.1. The van der Waals surface area contributed by atoms with Gasteiger partial charge in [-0.1, -0.05) is 19.9 Å². The molecule has 0 saturated carbocycles. The van der Waals surface area contributed by atoms with Crippen LogP contribution in [0.15, 0.2) is 35.7 Å². The fraction of sp³-hybridized carbons (Fsp3) is 0.312. The molecule has 106 valence electrons. The van der Waals surface area contributed by atoms with Crippen molar-refractivity contribution in [2.45, 2.75) is 20.3 Å². The Kier molecular flexibility index (Phi) is 4.79. The largest absolute Gasteiger partial charge is 0.491 e. The van der Waals surface area contributed by atoms with Crippen molar-refractivity contribution in [3.63, 3.8) is 0 Å². The molecule has 2 rings (SSSR count). The van der Waals surface area contributed by atoms with E-state index in [1.54, 1.807) is 18.2 Å². The van der Waals surface area contributed by atoms with E-state index >= 15 is 0 Å². The lowest BCUT2D eigenvalue weighted by molar-refractivity contribution is 0.104. The van der Waals surface area contributed by atoms with Crippen LogP contribution in [0.5, 0.6) is 5.75 Å². The van der Waals surface area contributed by atoms with Gasteiger partial charge in [0, 0.05) is 5.56 Å². The Hall–Kier alpha value is -1.81. The van der Waals surface area contributed by atoms with Gasteiger partial charge in [0.1, 0.15) is 5.75 Å². The summed E-state index contributed by atoms with van der Waals surface area (Å²) in [6.45, 7) is 4.94. The molecule has 0 spiro atoms. The highest BCUT2D eigenvalue weighted by Gasteiger charge is 2.12. The molecule has 1 aromatic carbocycles. The van der Waals surface area contributed by atoms with Crippen LogP contribution >= 0.6 is 11.3 Å². The number of thiophene rings is 1. The second-order valence-electron chi connectivity index (χ2n) is 5.09. The van der Waals surface area contributed by atoms with Crippen molar-refractivity contribution in [2.24, 2.45) is 5.92 Å². The number of hydrogen-bond acceptors (Lipinski definition) is 4. The third-order valence-electron chi connectivity index (χ3n) is 2.97. The lowest BCUT2D eigenvalue weighted by Crippen LogP contribution is -2.05. The highest BCUT2D eigenvalue weighted by Crippen LogP contribution is 2.25. The van der Waals surface area contributed by atoms with E-state index in [1.165, 1.54) is 11.3 Å². The predicted molar refractivity (Wildman–Crippen MR) is 83.6 cm³/mol. The van der Waals surface area contributed by atoms with Crippen molar-refractivity contribution in [2.75, 3.05) is 12.3 Å². The molecule has 1 heterocycles. The summed E-state index contributed by atoms with van der Waals surface area (Å²) in [4.78, 5) is 12.9. The van der Waals surface area contributed by atoms with Crippen LogP contribution in [-0.4, -0.2) is 12.4 Å². The van der Waals surface area contributed by atoms with Crippen molar-refractivity contribution in [1.29, 1.82) is 0 Å². The first-order valence-electron chi connectivity index (χ1n) is 6.68. The lowest BCUT2D eigenvalue weighted by Gasteiger charge is -2.11. The average molecular weight is 289 g/mol. The number of rotatable bonds is 6. The van der Waals surface area contributed by atoms with Crippen molar-refractivity contribution < 1.29 is 9.53 Å². The number of ether oxygens (including phenoxy) is 1. The van der Waals surface area contributed by atoms with Crippen LogP contribution in [0, 0.1) is 5.92 Å². The van der Waals surface area contributed by atoms with Gasteiger partial charge < -0.3 is 10.5 Å². The molecule has 2 N–H and O–H groups in total. The van der Waals surface area contributed by atoms with E-state index in [1.807, 2.05) is 17.5 Å². The van der Waals surface area contributed by atoms with Gasteiger partial charge in [-0.05, 0) is 42.0 Å². The van der Waals surface area contributed by atoms with Crippen LogP contribution in [0.25, 0.3) is 0 Å². The fourth-order valence-electron chi connectivity index (χ4n) is 1.78. The maximum Gasteiger partial charge on any atom is 0.203 e. The fourth-order valence-corrected chi connectivity index (χ4v) is 2.46. The summed E-state index contributed by atoms with van der Waals surface area (Å²) < 4.78 is 5.64. The minimum Gasteiger partial charge on any atom is -0.491 e. The average Bonchev–Trinajstić information content (AvgIpc) is 2.93. The minimum absolute atomic E-state index is 0.000399. The monoisotopic (exact) mass is 289 g/mol. The van der Waals surface area contributed by atoms with E-state index in [0.29, 0.717) is 29.5 Å². The molecule has 1 aromatic heterocycles. The van der Waals surface area contributed by atoms with Crippen LogP contribution < -0.4 is 10.5 Å². The molecule has 0 radical (unpaired) electrons. The quantitative estimate of drug-likeness (QED) is 0.646. The first-order valence-corrected chi connectivity index (χ1v) is 7.56. The highest BCUT2D eigenvalue weighted by atomic mass is 32.1. The van der Waals surface area contributed by atoms with Crippen molar-refractivity contribution in [3.05, 3.63) is 46.2 Å². The normalized spacial score (nSPS) is 10.8. The zero-order valence-corrected chi connectivity index (χ0v) is 12.6. The molecule has 4 heteroatoms. The molecule has 0 aliphatic rings. The summed E-state index contributed by atoms with van der Waals surface area (Å²) in [6, 6.07) is 8.91. The molecule has 0 bridgehead atoms. The van der Waals surface area contributed by atoms with Gasteiger partial charge in [-0.25, -0.2) is 0 Å². The highest BCUT2D eigenvalue weighted by molar-refractivity contribution is 7.12. The molecular weight excluding hydrogens is 270 g/mol. The Morgan fingerprint density at radius 3 is 2.75 bits per heavy atom. The number of anilines is 1. The van der Waals surface area contributed by atoms with Crippen LogP contribution in [0.2, 0.25) is 0 Å². The molecule has 0 aliphatic carbocycles. The number of hydrogen-bond donors (Lipinski definition) is 1. The van der Waals surface area contributed by atoms with Gasteiger partial charge in [0.15, 0.2) is 0 Å². The summed E-state index contributed by atoms with van der Waals surface area (Å²) in [6.07, 6.45) is 0.981. The Labute approximate surface area is 123 Å². The van der Waals surface area contributed by atoms with Crippen LogP contribution in [0.1, 0.15) is 35.5 Å². The molecular formula is C16H19NO2S. The third kappa shape index (κ3) is 3.61. The van der Waals surface area contributed by atoms with E-state index in [4.69, 9.17) is 10.5 Å². The van der Waals surface area contributed by atoms with Crippen molar-refractivity contribution in [3.8, 4) is 5.75 Å².